The monoisotopic (exact) mass is 320 g/mol. The van der Waals surface area contributed by atoms with Crippen LogP contribution in [0.4, 0.5) is 0 Å². The van der Waals surface area contributed by atoms with Crippen LogP contribution < -0.4 is 5.32 Å². The summed E-state index contributed by atoms with van der Waals surface area (Å²) in [5, 5.41) is 3.13. The lowest BCUT2D eigenvalue weighted by molar-refractivity contribution is 0.00578. The second-order valence-corrected chi connectivity index (χ2v) is 6.68. The molecule has 2 rings (SSSR count). The van der Waals surface area contributed by atoms with E-state index in [1.54, 1.807) is 12.3 Å². The molecule has 7 heteroatoms. The van der Waals surface area contributed by atoms with Crippen molar-refractivity contribution in [1.29, 1.82) is 0 Å². The first-order valence-corrected chi connectivity index (χ1v) is 7.67. The molecular formula is C16H25BN2O4. The number of aromatic nitrogens is 1. The van der Waals surface area contributed by atoms with E-state index >= 15 is 0 Å². The van der Waals surface area contributed by atoms with Gasteiger partial charge in [-0.15, -0.1) is 0 Å². The Bertz CT molecular complexity index is 591. The van der Waals surface area contributed by atoms with Gasteiger partial charge >= 0.3 is 13.1 Å². The summed E-state index contributed by atoms with van der Waals surface area (Å²) in [4.78, 5) is 14.4. The molecule has 23 heavy (non-hydrogen) atoms. The summed E-state index contributed by atoms with van der Waals surface area (Å²) in [6.45, 7) is 8.71. The van der Waals surface area contributed by atoms with Gasteiger partial charge in [-0.3, -0.25) is 0 Å². The van der Waals surface area contributed by atoms with Gasteiger partial charge in [-0.1, -0.05) is 6.08 Å². The summed E-state index contributed by atoms with van der Waals surface area (Å²) in [6.07, 6.45) is 3.72. The Morgan fingerprint density at radius 2 is 1.96 bits per heavy atom. The zero-order valence-electron chi connectivity index (χ0n) is 14.6. The van der Waals surface area contributed by atoms with Crippen LogP contribution in [0.1, 0.15) is 43.7 Å². The fourth-order valence-corrected chi connectivity index (χ4v) is 2.34. The fourth-order valence-electron chi connectivity index (χ4n) is 2.34. The largest absolute Gasteiger partial charge is 0.491 e. The molecule has 0 unspecified atom stereocenters. The van der Waals surface area contributed by atoms with Crippen molar-refractivity contribution in [1.82, 2.24) is 10.3 Å². The SMILES string of the molecule is CNCC(=Cc1c[nH]c(C(=O)OC)c1)B1OC(C)(C)C(C)(C)O1. The first kappa shape index (κ1) is 17.8. The molecule has 6 nitrogen and oxygen atoms in total. The molecule has 0 aromatic carbocycles. The number of aromatic amines is 1. The van der Waals surface area contributed by atoms with Gasteiger partial charge in [0.15, 0.2) is 0 Å². The molecule has 0 atom stereocenters. The van der Waals surface area contributed by atoms with Gasteiger partial charge in [-0.2, -0.15) is 0 Å². The average molecular weight is 320 g/mol. The van der Waals surface area contributed by atoms with Crippen molar-refractivity contribution in [3.8, 4) is 0 Å². The highest BCUT2D eigenvalue weighted by Crippen LogP contribution is 2.38. The number of carbonyl (C=O) groups is 1. The van der Waals surface area contributed by atoms with Crippen molar-refractivity contribution in [2.45, 2.75) is 38.9 Å². The minimum atomic E-state index is -0.427. The average Bonchev–Trinajstić information content (AvgIpc) is 3.00. The van der Waals surface area contributed by atoms with Crippen molar-refractivity contribution in [2.75, 3.05) is 20.7 Å². The van der Waals surface area contributed by atoms with Gasteiger partial charge in [0.05, 0.1) is 18.3 Å². The number of methoxy groups -OCH3 is 1. The van der Waals surface area contributed by atoms with Crippen molar-refractivity contribution in [3.63, 3.8) is 0 Å². The summed E-state index contributed by atoms with van der Waals surface area (Å²) in [5.74, 6) is -0.393. The molecule has 0 bridgehead atoms. The third-order valence-corrected chi connectivity index (χ3v) is 4.40. The lowest BCUT2D eigenvalue weighted by atomic mass is 9.77. The standard InChI is InChI=1S/C16H25BN2O4/c1-15(2)16(3,4)23-17(22-15)12(10-18-5)7-11-8-13(19-9-11)14(20)21-6/h7-9,18-19H,10H2,1-6H3. The van der Waals surface area contributed by atoms with Gasteiger partial charge in [0.2, 0.25) is 0 Å². The van der Waals surface area contributed by atoms with Gasteiger partial charge in [0, 0.05) is 12.7 Å². The quantitative estimate of drug-likeness (QED) is 0.642. The van der Waals surface area contributed by atoms with E-state index in [-0.39, 0.29) is 11.2 Å². The Kier molecular flexibility index (Phi) is 5.03. The number of likely N-dealkylation sites (N-methyl/N-ethyl adjacent to an activating group) is 1. The van der Waals surface area contributed by atoms with Crippen LogP contribution in [0.15, 0.2) is 17.7 Å². The lowest BCUT2D eigenvalue weighted by Crippen LogP contribution is -2.41. The van der Waals surface area contributed by atoms with Crippen molar-refractivity contribution in [2.24, 2.45) is 0 Å². The van der Waals surface area contributed by atoms with Crippen molar-refractivity contribution < 1.29 is 18.8 Å². The van der Waals surface area contributed by atoms with Gasteiger partial charge in [0.25, 0.3) is 0 Å². The maximum Gasteiger partial charge on any atom is 0.491 e. The van der Waals surface area contributed by atoms with Gasteiger partial charge in [-0.25, -0.2) is 4.79 Å². The molecule has 1 aromatic heterocycles. The zero-order chi connectivity index (χ0) is 17.3. The van der Waals surface area contributed by atoms with E-state index in [0.717, 1.165) is 11.0 Å². The number of hydrogen-bond donors (Lipinski definition) is 2. The number of hydrogen-bond acceptors (Lipinski definition) is 5. The summed E-state index contributed by atoms with van der Waals surface area (Å²) in [5.41, 5.74) is 1.46. The second kappa shape index (κ2) is 6.51. The van der Waals surface area contributed by atoms with Crippen LogP contribution in [0.2, 0.25) is 0 Å². The molecule has 1 aromatic rings. The topological polar surface area (TPSA) is 72.6 Å². The van der Waals surface area contributed by atoms with Crippen LogP contribution in [-0.2, 0) is 14.0 Å². The van der Waals surface area contributed by atoms with Crippen LogP contribution in [0.3, 0.4) is 0 Å². The molecule has 0 saturated carbocycles. The molecule has 1 saturated heterocycles. The molecule has 1 aliphatic rings. The lowest BCUT2D eigenvalue weighted by Gasteiger charge is -2.32. The van der Waals surface area contributed by atoms with E-state index in [1.807, 2.05) is 40.8 Å². The molecule has 1 fully saturated rings. The van der Waals surface area contributed by atoms with E-state index in [2.05, 4.69) is 10.3 Å². The molecule has 2 heterocycles. The first-order chi connectivity index (χ1) is 10.7. The Hall–Kier alpha value is -1.57. The minimum Gasteiger partial charge on any atom is -0.464 e. The number of nitrogens with one attached hydrogen (secondary N) is 2. The Morgan fingerprint density at radius 3 is 2.48 bits per heavy atom. The Balaban J connectivity index is 2.25. The smallest absolute Gasteiger partial charge is 0.464 e. The van der Waals surface area contributed by atoms with Crippen LogP contribution in [0.25, 0.3) is 6.08 Å². The molecule has 126 valence electrons. The molecule has 0 aliphatic carbocycles. The highest BCUT2D eigenvalue weighted by atomic mass is 16.7. The summed E-state index contributed by atoms with van der Waals surface area (Å²) in [7, 11) is 2.80. The van der Waals surface area contributed by atoms with Crippen LogP contribution in [0, 0.1) is 0 Å². The number of H-pyrrole nitrogens is 1. The van der Waals surface area contributed by atoms with E-state index in [4.69, 9.17) is 14.0 Å². The predicted molar refractivity (Wildman–Crippen MR) is 90.1 cm³/mol. The molecule has 0 amide bonds. The maximum atomic E-state index is 11.5. The summed E-state index contributed by atoms with van der Waals surface area (Å²) in [6, 6.07) is 1.74. The van der Waals surface area contributed by atoms with Crippen LogP contribution in [0.5, 0.6) is 0 Å². The Labute approximate surface area is 137 Å². The molecule has 0 radical (unpaired) electrons. The van der Waals surface area contributed by atoms with Crippen LogP contribution in [-0.4, -0.2) is 50.0 Å². The van der Waals surface area contributed by atoms with E-state index in [9.17, 15) is 4.79 Å². The predicted octanol–water partition coefficient (Wildman–Crippen LogP) is 2.04. The number of carbonyl (C=O) groups excluding carboxylic acids is 1. The molecule has 2 N–H and O–H groups in total. The first-order valence-electron chi connectivity index (χ1n) is 7.67. The number of ether oxygens (including phenoxy) is 1. The summed E-state index contributed by atoms with van der Waals surface area (Å²) < 4.78 is 16.9. The van der Waals surface area contributed by atoms with Gasteiger partial charge in [-0.05, 0) is 51.8 Å². The summed E-state index contributed by atoms with van der Waals surface area (Å²) >= 11 is 0. The number of esters is 1. The van der Waals surface area contributed by atoms with Crippen molar-refractivity contribution >= 4 is 19.2 Å². The van der Waals surface area contributed by atoms with Gasteiger partial charge in [0.1, 0.15) is 5.69 Å². The van der Waals surface area contributed by atoms with Crippen molar-refractivity contribution in [3.05, 3.63) is 29.0 Å². The van der Waals surface area contributed by atoms with Crippen LogP contribution >= 0.6 is 0 Å². The zero-order valence-corrected chi connectivity index (χ0v) is 14.6. The van der Waals surface area contributed by atoms with E-state index in [0.29, 0.717) is 12.2 Å². The molecular weight excluding hydrogens is 295 g/mol. The highest BCUT2D eigenvalue weighted by Gasteiger charge is 2.52. The fraction of sp³-hybridized carbons (Fsp3) is 0.562. The molecule has 0 spiro atoms. The maximum absolute atomic E-state index is 11.5. The Morgan fingerprint density at radius 1 is 1.35 bits per heavy atom. The molecule has 1 aliphatic heterocycles. The van der Waals surface area contributed by atoms with E-state index < -0.39 is 13.1 Å². The second-order valence-electron chi connectivity index (χ2n) is 6.68. The van der Waals surface area contributed by atoms with E-state index in [1.165, 1.54) is 7.11 Å². The van der Waals surface area contributed by atoms with Gasteiger partial charge < -0.3 is 24.3 Å². The number of rotatable bonds is 5. The third-order valence-electron chi connectivity index (χ3n) is 4.40. The minimum absolute atomic E-state index is 0.389. The highest BCUT2D eigenvalue weighted by molar-refractivity contribution is 6.55. The third kappa shape index (κ3) is 3.68. The normalized spacial score (nSPS) is 19.9.